The lowest BCUT2D eigenvalue weighted by atomic mass is 10.1. The molecule has 3 N–H and O–H groups in total. The minimum atomic E-state index is 0.0747. The van der Waals surface area contributed by atoms with Gasteiger partial charge in [-0.3, -0.25) is 5.41 Å². The number of amidine groups is 1. The van der Waals surface area contributed by atoms with Crippen LogP contribution in [-0.2, 0) is 0 Å². The molecular formula is C15H16BrN3. The van der Waals surface area contributed by atoms with Crippen molar-refractivity contribution in [3.05, 3.63) is 58.6 Å². The van der Waals surface area contributed by atoms with Gasteiger partial charge in [-0.05, 0) is 37.3 Å². The zero-order valence-corrected chi connectivity index (χ0v) is 12.3. The highest BCUT2D eigenvalue weighted by molar-refractivity contribution is 9.10. The molecule has 2 aromatic rings. The molecule has 0 aliphatic carbocycles. The van der Waals surface area contributed by atoms with Gasteiger partial charge in [-0.2, -0.15) is 0 Å². The van der Waals surface area contributed by atoms with Gasteiger partial charge in [0.2, 0.25) is 0 Å². The normalized spacial score (nSPS) is 10.2. The van der Waals surface area contributed by atoms with Crippen molar-refractivity contribution in [1.29, 1.82) is 5.41 Å². The molecule has 0 spiro atoms. The number of benzene rings is 2. The molecule has 19 heavy (non-hydrogen) atoms. The summed E-state index contributed by atoms with van der Waals surface area (Å²) < 4.78 is 0.922. The lowest BCUT2D eigenvalue weighted by molar-refractivity contribution is 1.02. The standard InChI is InChI=1S/C15H16BrN3/c1-2-19(12-6-4-3-5-7-12)14-9-8-11(16)10-13(14)15(17)18/h3-10H,2H2,1H3,(H3,17,18). The number of hydrogen-bond acceptors (Lipinski definition) is 2. The van der Waals surface area contributed by atoms with Crippen molar-refractivity contribution in [2.75, 3.05) is 11.4 Å². The molecule has 2 aromatic carbocycles. The van der Waals surface area contributed by atoms with Gasteiger partial charge in [-0.1, -0.05) is 34.1 Å². The summed E-state index contributed by atoms with van der Waals surface area (Å²) in [6.45, 7) is 2.89. The average molecular weight is 318 g/mol. The zero-order valence-electron chi connectivity index (χ0n) is 10.7. The van der Waals surface area contributed by atoms with Gasteiger partial charge in [-0.25, -0.2) is 0 Å². The van der Waals surface area contributed by atoms with Crippen molar-refractivity contribution in [1.82, 2.24) is 0 Å². The van der Waals surface area contributed by atoms with Gasteiger partial charge >= 0.3 is 0 Å². The Balaban J connectivity index is 2.53. The van der Waals surface area contributed by atoms with E-state index in [2.05, 4.69) is 39.9 Å². The van der Waals surface area contributed by atoms with Crippen LogP contribution in [0, 0.1) is 5.41 Å². The minimum absolute atomic E-state index is 0.0747. The van der Waals surface area contributed by atoms with Crippen LogP contribution in [0.5, 0.6) is 0 Å². The van der Waals surface area contributed by atoms with Crippen LogP contribution in [-0.4, -0.2) is 12.4 Å². The first-order chi connectivity index (χ1) is 9.13. The highest BCUT2D eigenvalue weighted by atomic mass is 79.9. The lowest BCUT2D eigenvalue weighted by Crippen LogP contribution is -2.21. The third-order valence-corrected chi connectivity index (χ3v) is 3.42. The highest BCUT2D eigenvalue weighted by Crippen LogP contribution is 2.30. The van der Waals surface area contributed by atoms with E-state index in [-0.39, 0.29) is 5.84 Å². The van der Waals surface area contributed by atoms with Crippen LogP contribution in [0.3, 0.4) is 0 Å². The number of nitrogens with zero attached hydrogens (tertiary/aromatic N) is 1. The van der Waals surface area contributed by atoms with E-state index in [1.165, 1.54) is 0 Å². The summed E-state index contributed by atoms with van der Waals surface area (Å²) in [5.41, 5.74) is 8.47. The van der Waals surface area contributed by atoms with Crippen molar-refractivity contribution in [3.8, 4) is 0 Å². The van der Waals surface area contributed by atoms with Crippen molar-refractivity contribution < 1.29 is 0 Å². The van der Waals surface area contributed by atoms with E-state index in [4.69, 9.17) is 11.1 Å². The average Bonchev–Trinajstić information content (AvgIpc) is 2.42. The molecule has 0 fully saturated rings. The minimum Gasteiger partial charge on any atom is -0.384 e. The monoisotopic (exact) mass is 317 g/mol. The number of nitrogen functional groups attached to an aromatic ring is 1. The topological polar surface area (TPSA) is 53.1 Å². The van der Waals surface area contributed by atoms with Crippen molar-refractivity contribution >= 4 is 33.1 Å². The van der Waals surface area contributed by atoms with Crippen LogP contribution in [0.2, 0.25) is 0 Å². The predicted octanol–water partition coefficient (Wildman–Crippen LogP) is 3.89. The van der Waals surface area contributed by atoms with E-state index in [1.807, 2.05) is 36.4 Å². The van der Waals surface area contributed by atoms with E-state index < -0.39 is 0 Å². The van der Waals surface area contributed by atoms with Gasteiger partial charge in [0.1, 0.15) is 5.84 Å². The number of nitrogens with one attached hydrogen (secondary N) is 1. The maximum absolute atomic E-state index is 7.73. The van der Waals surface area contributed by atoms with E-state index in [0.29, 0.717) is 0 Å². The van der Waals surface area contributed by atoms with Crippen LogP contribution >= 0.6 is 15.9 Å². The Morgan fingerprint density at radius 2 is 1.89 bits per heavy atom. The van der Waals surface area contributed by atoms with Gasteiger partial charge in [-0.15, -0.1) is 0 Å². The second-order valence-corrected chi connectivity index (χ2v) is 5.07. The van der Waals surface area contributed by atoms with Crippen LogP contribution < -0.4 is 10.6 Å². The van der Waals surface area contributed by atoms with Crippen molar-refractivity contribution in [2.45, 2.75) is 6.92 Å². The van der Waals surface area contributed by atoms with Gasteiger partial charge in [0, 0.05) is 22.3 Å². The van der Waals surface area contributed by atoms with E-state index >= 15 is 0 Å². The Morgan fingerprint density at radius 3 is 2.47 bits per heavy atom. The smallest absolute Gasteiger partial charge is 0.124 e. The number of nitrogens with two attached hydrogens (primary N) is 1. The molecule has 0 amide bonds. The molecule has 0 aliphatic rings. The molecule has 0 saturated carbocycles. The van der Waals surface area contributed by atoms with E-state index in [9.17, 15) is 0 Å². The SMILES string of the molecule is CCN(c1ccccc1)c1ccc(Br)cc1C(=N)N. The Bertz CT molecular complexity index is 581. The number of rotatable bonds is 4. The summed E-state index contributed by atoms with van der Waals surface area (Å²) in [6, 6.07) is 15.9. The number of anilines is 2. The quantitative estimate of drug-likeness (QED) is 0.664. The molecule has 0 saturated heterocycles. The molecule has 2 rings (SSSR count). The van der Waals surface area contributed by atoms with Gasteiger partial charge in [0.25, 0.3) is 0 Å². The number of hydrogen-bond donors (Lipinski definition) is 2. The largest absolute Gasteiger partial charge is 0.384 e. The Morgan fingerprint density at radius 1 is 1.21 bits per heavy atom. The first-order valence-corrected chi connectivity index (χ1v) is 6.89. The molecule has 0 aliphatic heterocycles. The molecule has 0 aromatic heterocycles. The maximum Gasteiger partial charge on any atom is 0.124 e. The lowest BCUT2D eigenvalue weighted by Gasteiger charge is -2.25. The Kier molecular flexibility index (Phi) is 4.22. The summed E-state index contributed by atoms with van der Waals surface area (Å²) in [5.74, 6) is 0.0747. The fourth-order valence-corrected chi connectivity index (χ4v) is 2.42. The predicted molar refractivity (Wildman–Crippen MR) is 84.3 cm³/mol. The Labute approximate surface area is 121 Å². The van der Waals surface area contributed by atoms with Gasteiger partial charge in [0.05, 0.1) is 5.69 Å². The fourth-order valence-electron chi connectivity index (χ4n) is 2.06. The van der Waals surface area contributed by atoms with Gasteiger partial charge in [0.15, 0.2) is 0 Å². The first-order valence-electron chi connectivity index (χ1n) is 6.10. The summed E-state index contributed by atoms with van der Waals surface area (Å²) in [5, 5.41) is 7.73. The summed E-state index contributed by atoms with van der Waals surface area (Å²) in [7, 11) is 0. The van der Waals surface area contributed by atoms with Crippen LogP contribution in [0.15, 0.2) is 53.0 Å². The van der Waals surface area contributed by atoms with Crippen LogP contribution in [0.4, 0.5) is 11.4 Å². The summed E-state index contributed by atoms with van der Waals surface area (Å²) >= 11 is 3.42. The molecule has 0 bridgehead atoms. The van der Waals surface area contributed by atoms with Crippen molar-refractivity contribution in [3.63, 3.8) is 0 Å². The molecule has 0 unspecified atom stereocenters. The van der Waals surface area contributed by atoms with Gasteiger partial charge < -0.3 is 10.6 Å². The van der Waals surface area contributed by atoms with Crippen molar-refractivity contribution in [2.24, 2.45) is 5.73 Å². The summed E-state index contributed by atoms with van der Waals surface area (Å²) in [4.78, 5) is 2.14. The third kappa shape index (κ3) is 2.96. The van der Waals surface area contributed by atoms with E-state index in [0.717, 1.165) is 28.0 Å². The molecule has 98 valence electrons. The first kappa shape index (κ1) is 13.6. The fraction of sp³-hybridized carbons (Fsp3) is 0.133. The highest BCUT2D eigenvalue weighted by Gasteiger charge is 2.13. The third-order valence-electron chi connectivity index (χ3n) is 2.92. The number of halogens is 1. The van der Waals surface area contributed by atoms with E-state index in [1.54, 1.807) is 0 Å². The molecule has 4 heteroatoms. The maximum atomic E-state index is 7.73. The Hall–Kier alpha value is -1.81. The molecular weight excluding hydrogens is 302 g/mol. The van der Waals surface area contributed by atoms with Crippen LogP contribution in [0.1, 0.15) is 12.5 Å². The second kappa shape index (κ2) is 5.89. The second-order valence-electron chi connectivity index (χ2n) is 4.15. The summed E-state index contributed by atoms with van der Waals surface area (Å²) in [6.07, 6.45) is 0. The molecule has 0 atom stereocenters. The zero-order chi connectivity index (χ0) is 13.8. The van der Waals surface area contributed by atoms with Crippen LogP contribution in [0.25, 0.3) is 0 Å². The number of para-hydroxylation sites is 1. The molecule has 0 heterocycles. The molecule has 3 nitrogen and oxygen atoms in total. The molecule has 0 radical (unpaired) electrons.